The molecule has 76 valence electrons. The van der Waals surface area contributed by atoms with Crippen molar-refractivity contribution in [3.8, 4) is 0 Å². The molecular weight excluding hydrogens is 236 g/mol. The van der Waals surface area contributed by atoms with Crippen LogP contribution in [0.1, 0.15) is 12.8 Å². The van der Waals surface area contributed by atoms with E-state index in [-0.39, 0.29) is 5.75 Å². The van der Waals surface area contributed by atoms with Gasteiger partial charge in [0.25, 0.3) is 9.05 Å². The van der Waals surface area contributed by atoms with Gasteiger partial charge in [0.2, 0.25) is 0 Å². The van der Waals surface area contributed by atoms with Crippen LogP contribution in [0.5, 0.6) is 0 Å². The molecular formula is C6H9ClO4S2. The first-order valence-corrected chi connectivity index (χ1v) is 7.74. The van der Waals surface area contributed by atoms with Gasteiger partial charge in [0.05, 0.1) is 11.0 Å². The second-order valence-electron chi connectivity index (χ2n) is 2.85. The Morgan fingerprint density at radius 1 is 1.38 bits per heavy atom. The zero-order valence-corrected chi connectivity index (χ0v) is 9.07. The predicted molar refractivity (Wildman–Crippen MR) is 50.7 cm³/mol. The molecule has 0 aliphatic carbocycles. The maximum Gasteiger partial charge on any atom is 0.254 e. The molecule has 0 saturated carbocycles. The van der Waals surface area contributed by atoms with E-state index in [4.69, 9.17) is 10.7 Å². The first-order chi connectivity index (χ1) is 5.81. The third-order valence-electron chi connectivity index (χ3n) is 1.83. The van der Waals surface area contributed by atoms with Gasteiger partial charge in [0, 0.05) is 16.1 Å². The minimum Gasteiger partial charge on any atom is -0.228 e. The van der Waals surface area contributed by atoms with Gasteiger partial charge in [-0.15, -0.1) is 0 Å². The average molecular weight is 245 g/mol. The summed E-state index contributed by atoms with van der Waals surface area (Å²) in [6, 6.07) is 0. The molecule has 7 heteroatoms. The largest absolute Gasteiger partial charge is 0.254 e. The molecule has 13 heavy (non-hydrogen) atoms. The van der Waals surface area contributed by atoms with Crippen LogP contribution in [0.4, 0.5) is 0 Å². The summed E-state index contributed by atoms with van der Waals surface area (Å²) in [5.41, 5.74) is 0. The van der Waals surface area contributed by atoms with Crippen LogP contribution in [-0.2, 0) is 18.9 Å². The fraction of sp³-hybridized carbons (Fsp3) is 0.667. The van der Waals surface area contributed by atoms with Gasteiger partial charge in [-0.25, -0.2) is 16.8 Å². The van der Waals surface area contributed by atoms with Crippen molar-refractivity contribution in [2.45, 2.75) is 18.1 Å². The van der Waals surface area contributed by atoms with E-state index in [2.05, 4.69) is 0 Å². The molecule has 1 fully saturated rings. The van der Waals surface area contributed by atoms with Crippen molar-refractivity contribution in [3.63, 3.8) is 0 Å². The average Bonchev–Trinajstić information content (AvgIpc) is 2.23. The van der Waals surface area contributed by atoms with E-state index >= 15 is 0 Å². The molecule has 0 aromatic rings. The van der Waals surface area contributed by atoms with E-state index in [1.807, 2.05) is 0 Å². The van der Waals surface area contributed by atoms with Gasteiger partial charge in [-0.2, -0.15) is 0 Å². The Morgan fingerprint density at radius 2 is 2.00 bits per heavy atom. The first-order valence-electron chi connectivity index (χ1n) is 3.66. The molecule has 1 unspecified atom stereocenters. The third kappa shape index (κ3) is 3.28. The Morgan fingerprint density at radius 3 is 2.38 bits per heavy atom. The highest BCUT2D eigenvalue weighted by atomic mass is 35.7. The molecule has 0 radical (unpaired) electrons. The summed E-state index contributed by atoms with van der Waals surface area (Å²) in [5.74, 6) is 0.129. The summed E-state index contributed by atoms with van der Waals surface area (Å²) < 4.78 is 43.3. The Balaban J connectivity index is 2.83. The highest BCUT2D eigenvalue weighted by molar-refractivity contribution is 8.16. The van der Waals surface area contributed by atoms with Crippen LogP contribution in [0.3, 0.4) is 0 Å². The molecule has 1 heterocycles. The molecule has 1 rings (SSSR count). The van der Waals surface area contributed by atoms with E-state index < -0.39 is 24.1 Å². The van der Waals surface area contributed by atoms with E-state index in [0.29, 0.717) is 12.8 Å². The fourth-order valence-corrected chi connectivity index (χ4v) is 3.58. The zero-order chi connectivity index (χ0) is 10.1. The molecule has 0 bridgehead atoms. The third-order valence-corrected chi connectivity index (χ3v) is 4.80. The lowest BCUT2D eigenvalue weighted by Gasteiger charge is -2.00. The molecule has 0 spiro atoms. The van der Waals surface area contributed by atoms with Crippen LogP contribution < -0.4 is 0 Å². The van der Waals surface area contributed by atoms with Crippen molar-refractivity contribution in [1.82, 2.24) is 0 Å². The molecule has 0 N–H and O–H groups in total. The van der Waals surface area contributed by atoms with E-state index in [1.165, 1.54) is 0 Å². The Bertz CT molecular complexity index is 406. The summed E-state index contributed by atoms with van der Waals surface area (Å²) >= 11 is 0. The Labute approximate surface area is 81.9 Å². The van der Waals surface area contributed by atoms with Gasteiger partial charge in [-0.3, -0.25) is 0 Å². The van der Waals surface area contributed by atoms with Crippen LogP contribution in [0, 0.1) is 0 Å². The van der Waals surface area contributed by atoms with Crippen molar-refractivity contribution in [2.75, 3.05) is 5.75 Å². The van der Waals surface area contributed by atoms with Gasteiger partial charge in [-0.1, -0.05) is 6.08 Å². The lowest BCUT2D eigenvalue weighted by Crippen LogP contribution is -2.12. The van der Waals surface area contributed by atoms with Crippen molar-refractivity contribution in [3.05, 3.63) is 11.5 Å². The quantitative estimate of drug-likeness (QED) is 0.669. The highest BCUT2D eigenvalue weighted by Crippen LogP contribution is 2.21. The van der Waals surface area contributed by atoms with Crippen LogP contribution in [0.25, 0.3) is 0 Å². The number of hydrogen-bond donors (Lipinski definition) is 0. The highest BCUT2D eigenvalue weighted by Gasteiger charge is 2.29. The van der Waals surface area contributed by atoms with Crippen LogP contribution in [0.15, 0.2) is 11.5 Å². The van der Waals surface area contributed by atoms with Gasteiger partial charge in [0.1, 0.15) is 0 Å². The molecule has 4 nitrogen and oxygen atoms in total. The van der Waals surface area contributed by atoms with Gasteiger partial charge >= 0.3 is 0 Å². The topological polar surface area (TPSA) is 68.3 Å². The Kier molecular flexibility index (Phi) is 3.04. The second kappa shape index (κ2) is 3.59. The standard InChI is InChI=1S/C6H9ClO4S2/c7-13(10,11)5-3-6-2-1-4-12(6,8)9/h3,5-6H,1-2,4H2/b5-3-. The SMILES string of the molecule is O=S(=O)(Cl)/C=C\C1CCCS1(=O)=O. The van der Waals surface area contributed by atoms with E-state index in [1.54, 1.807) is 0 Å². The Hall–Kier alpha value is -0.0700. The normalized spacial score (nSPS) is 28.2. The molecule has 1 aliphatic rings. The first kappa shape index (κ1) is 11.0. The lowest BCUT2D eigenvalue weighted by molar-refractivity contribution is 0.597. The maximum atomic E-state index is 11.2. The second-order valence-corrected chi connectivity index (χ2v) is 7.70. The minimum atomic E-state index is -3.73. The van der Waals surface area contributed by atoms with Crippen molar-refractivity contribution in [2.24, 2.45) is 0 Å². The molecule has 0 aromatic heterocycles. The summed E-state index contributed by atoms with van der Waals surface area (Å²) in [6.45, 7) is 0. The van der Waals surface area contributed by atoms with Crippen LogP contribution in [-0.4, -0.2) is 27.8 Å². The van der Waals surface area contributed by atoms with Crippen molar-refractivity contribution >= 4 is 29.6 Å². The van der Waals surface area contributed by atoms with Crippen LogP contribution >= 0.6 is 10.7 Å². The monoisotopic (exact) mass is 244 g/mol. The van der Waals surface area contributed by atoms with E-state index in [0.717, 1.165) is 11.5 Å². The molecule has 0 aromatic carbocycles. The number of sulfone groups is 1. The summed E-state index contributed by atoms with van der Waals surface area (Å²) in [4.78, 5) is 0. The van der Waals surface area contributed by atoms with Crippen molar-refractivity contribution in [1.29, 1.82) is 0 Å². The number of rotatable bonds is 2. The minimum absolute atomic E-state index is 0.129. The molecule has 1 atom stereocenters. The maximum absolute atomic E-state index is 11.2. The lowest BCUT2D eigenvalue weighted by atomic mass is 10.2. The van der Waals surface area contributed by atoms with E-state index in [9.17, 15) is 16.8 Å². The molecule has 0 amide bonds. The van der Waals surface area contributed by atoms with Crippen molar-refractivity contribution < 1.29 is 16.8 Å². The molecule has 1 saturated heterocycles. The van der Waals surface area contributed by atoms with Gasteiger partial charge in [-0.05, 0) is 12.8 Å². The predicted octanol–water partition coefficient (Wildman–Crippen LogP) is 0.646. The summed E-state index contributed by atoms with van der Waals surface area (Å²) in [6.07, 6.45) is 2.20. The fourth-order valence-electron chi connectivity index (χ4n) is 1.21. The zero-order valence-electron chi connectivity index (χ0n) is 6.68. The smallest absolute Gasteiger partial charge is 0.228 e. The summed E-state index contributed by atoms with van der Waals surface area (Å²) in [5, 5.41) is 0.0586. The number of hydrogen-bond acceptors (Lipinski definition) is 4. The number of halogens is 1. The summed E-state index contributed by atoms with van der Waals surface area (Å²) in [7, 11) is -1.96. The van der Waals surface area contributed by atoms with Gasteiger partial charge < -0.3 is 0 Å². The van der Waals surface area contributed by atoms with Crippen LogP contribution in [0.2, 0.25) is 0 Å². The van der Waals surface area contributed by atoms with Gasteiger partial charge in [0.15, 0.2) is 9.84 Å². The molecule has 1 aliphatic heterocycles.